The van der Waals surface area contributed by atoms with E-state index in [-0.39, 0.29) is 0 Å². The molecule has 0 aliphatic carbocycles. The van der Waals surface area contributed by atoms with Crippen molar-refractivity contribution in [1.82, 2.24) is 0 Å². The first kappa shape index (κ1) is 23.1. The summed E-state index contributed by atoms with van der Waals surface area (Å²) in [5.74, 6) is -1.48. The monoisotopic (exact) mass is 410 g/mol. The summed E-state index contributed by atoms with van der Waals surface area (Å²) < 4.78 is 37.8. The van der Waals surface area contributed by atoms with Crippen LogP contribution in [0.2, 0.25) is 0 Å². The molecule has 0 bridgehead atoms. The third-order valence-electron chi connectivity index (χ3n) is 3.13. The van der Waals surface area contributed by atoms with Crippen LogP contribution in [0.25, 0.3) is 0 Å². The number of aldehydes is 1. The minimum Gasteiger partial charge on any atom is -0.388 e. The zero-order valence-corrected chi connectivity index (χ0v) is 16.1. The van der Waals surface area contributed by atoms with Crippen molar-refractivity contribution in [2.75, 3.05) is 17.1 Å². The summed E-state index contributed by atoms with van der Waals surface area (Å²) in [6.07, 6.45) is -2.85. The van der Waals surface area contributed by atoms with Crippen molar-refractivity contribution in [2.24, 2.45) is 10.7 Å². The van der Waals surface area contributed by atoms with Crippen molar-refractivity contribution < 1.29 is 18.0 Å². The molecule has 0 saturated heterocycles. The Labute approximate surface area is 166 Å². The average Bonchev–Trinajstić information content (AvgIpc) is 2.67. The van der Waals surface area contributed by atoms with E-state index in [0.717, 1.165) is 17.5 Å². The molecule has 2 aromatic rings. The second-order valence-corrected chi connectivity index (χ2v) is 6.22. The Morgan fingerprint density at radius 1 is 1.14 bits per heavy atom. The minimum atomic E-state index is -4.63. The van der Waals surface area contributed by atoms with Gasteiger partial charge in [0, 0.05) is 29.5 Å². The standard InChI is InChI=1S/C14H16N2S.C5H5F3N2O/c1-11-6-8-12(9-7-11)16-17-14-5-3-4-13(10-14)15-2;6-5(7,8)4(9)10-2-1-3-11/h3-10,15-16H,1-2H3;1-3H,(H2,9,10)/b;2-1+. The zero-order valence-electron chi connectivity index (χ0n) is 15.3. The predicted molar refractivity (Wildman–Crippen MR) is 110 cm³/mol. The normalized spacial score (nSPS) is 11.5. The summed E-state index contributed by atoms with van der Waals surface area (Å²) >= 11 is 1.62. The number of rotatable bonds is 6. The number of nitrogens with two attached hydrogens (primary N) is 1. The van der Waals surface area contributed by atoms with Crippen LogP contribution in [0.5, 0.6) is 0 Å². The number of nitrogens with one attached hydrogen (secondary N) is 2. The Kier molecular flexibility index (Phi) is 9.66. The van der Waals surface area contributed by atoms with Crippen molar-refractivity contribution in [3.63, 3.8) is 0 Å². The SMILES string of the molecule is CNc1cccc(SNc2ccc(C)cc2)c1.NC(=N/C=C/C=O)C(F)(F)F. The number of hydrogen-bond acceptors (Lipinski definition) is 5. The number of hydrogen-bond donors (Lipinski definition) is 3. The lowest BCUT2D eigenvalue weighted by Gasteiger charge is -2.07. The van der Waals surface area contributed by atoms with Crippen molar-refractivity contribution in [3.05, 3.63) is 66.4 Å². The van der Waals surface area contributed by atoms with Gasteiger partial charge in [0.05, 0.1) is 0 Å². The lowest BCUT2D eigenvalue weighted by molar-refractivity contribution is -0.104. The van der Waals surface area contributed by atoms with E-state index in [1.165, 1.54) is 10.5 Å². The van der Waals surface area contributed by atoms with Gasteiger partial charge in [0.15, 0.2) is 0 Å². The molecule has 0 amide bonds. The van der Waals surface area contributed by atoms with E-state index in [9.17, 15) is 18.0 Å². The summed E-state index contributed by atoms with van der Waals surface area (Å²) in [5, 5.41) is 3.13. The number of allylic oxidation sites excluding steroid dienone is 1. The molecule has 0 aliphatic heterocycles. The van der Waals surface area contributed by atoms with Crippen LogP contribution in [0.4, 0.5) is 24.5 Å². The van der Waals surface area contributed by atoms with E-state index in [4.69, 9.17) is 0 Å². The third kappa shape index (κ3) is 9.13. The van der Waals surface area contributed by atoms with Crippen molar-refractivity contribution in [3.8, 4) is 0 Å². The lowest BCUT2D eigenvalue weighted by atomic mass is 10.2. The zero-order chi connectivity index (χ0) is 21.0. The van der Waals surface area contributed by atoms with E-state index < -0.39 is 12.0 Å². The number of halogens is 3. The fourth-order valence-electron chi connectivity index (χ4n) is 1.69. The van der Waals surface area contributed by atoms with Gasteiger partial charge >= 0.3 is 6.18 Å². The van der Waals surface area contributed by atoms with Crippen LogP contribution in [0.1, 0.15) is 5.56 Å². The maximum atomic E-state index is 11.5. The summed E-state index contributed by atoms with van der Waals surface area (Å²) in [6, 6.07) is 16.7. The molecule has 0 saturated carbocycles. The number of carbonyl (C=O) groups is 1. The Morgan fingerprint density at radius 2 is 1.82 bits per heavy atom. The van der Waals surface area contributed by atoms with Crippen LogP contribution in [-0.2, 0) is 4.79 Å². The molecule has 0 aliphatic rings. The molecule has 2 rings (SSSR count). The molecule has 0 unspecified atom stereocenters. The highest BCUT2D eigenvalue weighted by Crippen LogP contribution is 2.23. The summed E-state index contributed by atoms with van der Waals surface area (Å²) in [7, 11) is 1.93. The number of nitrogens with zero attached hydrogens (tertiary/aromatic N) is 1. The second kappa shape index (κ2) is 11.7. The number of alkyl halides is 3. The molecule has 0 aromatic heterocycles. The second-order valence-electron chi connectivity index (χ2n) is 5.34. The molecule has 9 heteroatoms. The molecule has 28 heavy (non-hydrogen) atoms. The van der Waals surface area contributed by atoms with Crippen LogP contribution in [0.3, 0.4) is 0 Å². The van der Waals surface area contributed by atoms with Gasteiger partial charge < -0.3 is 15.8 Å². The Hall–Kier alpha value is -2.94. The average molecular weight is 410 g/mol. The lowest BCUT2D eigenvalue weighted by Crippen LogP contribution is -2.30. The van der Waals surface area contributed by atoms with Gasteiger partial charge in [0.2, 0.25) is 5.84 Å². The van der Waals surface area contributed by atoms with E-state index in [1.807, 2.05) is 13.1 Å². The topological polar surface area (TPSA) is 79.5 Å². The number of benzene rings is 2. The molecular weight excluding hydrogens is 389 g/mol. The van der Waals surface area contributed by atoms with Gasteiger partial charge in [-0.25, -0.2) is 4.99 Å². The molecule has 2 aromatic carbocycles. The van der Waals surface area contributed by atoms with Crippen LogP contribution >= 0.6 is 11.9 Å². The fraction of sp³-hybridized carbons (Fsp3) is 0.158. The smallest absolute Gasteiger partial charge is 0.388 e. The van der Waals surface area contributed by atoms with E-state index in [2.05, 4.69) is 70.2 Å². The molecular formula is C19H21F3N4OS. The van der Waals surface area contributed by atoms with Gasteiger partial charge in [-0.15, -0.1) is 0 Å². The number of amidine groups is 1. The summed E-state index contributed by atoms with van der Waals surface area (Å²) in [4.78, 5) is 13.5. The fourth-order valence-corrected chi connectivity index (χ4v) is 2.39. The molecule has 150 valence electrons. The summed E-state index contributed by atoms with van der Waals surface area (Å²) in [5.41, 5.74) is 7.97. The molecule has 0 fully saturated rings. The van der Waals surface area contributed by atoms with Crippen molar-refractivity contribution in [1.29, 1.82) is 0 Å². The first-order valence-electron chi connectivity index (χ1n) is 8.04. The Balaban J connectivity index is 0.000000311. The Morgan fingerprint density at radius 3 is 2.39 bits per heavy atom. The highest BCUT2D eigenvalue weighted by molar-refractivity contribution is 8.00. The molecule has 4 N–H and O–H groups in total. The van der Waals surface area contributed by atoms with Crippen molar-refractivity contribution in [2.45, 2.75) is 18.0 Å². The molecule has 0 radical (unpaired) electrons. The van der Waals surface area contributed by atoms with Gasteiger partial charge in [-0.1, -0.05) is 23.8 Å². The highest BCUT2D eigenvalue weighted by Gasteiger charge is 2.32. The summed E-state index contributed by atoms with van der Waals surface area (Å²) in [6.45, 7) is 2.09. The van der Waals surface area contributed by atoms with Crippen LogP contribution < -0.4 is 15.8 Å². The van der Waals surface area contributed by atoms with Gasteiger partial charge in [-0.2, -0.15) is 13.2 Å². The largest absolute Gasteiger partial charge is 0.448 e. The van der Waals surface area contributed by atoms with E-state index in [1.54, 1.807) is 11.9 Å². The number of carbonyl (C=O) groups excluding carboxylic acids is 1. The number of aryl methyl sites for hydroxylation is 1. The van der Waals surface area contributed by atoms with Gasteiger partial charge in [-0.05, 0) is 55.3 Å². The molecule has 5 nitrogen and oxygen atoms in total. The third-order valence-corrected chi connectivity index (χ3v) is 3.96. The van der Waals surface area contributed by atoms with Gasteiger partial charge in [0.25, 0.3) is 0 Å². The van der Waals surface area contributed by atoms with Gasteiger partial charge in [-0.3, -0.25) is 4.79 Å². The highest BCUT2D eigenvalue weighted by atomic mass is 32.2. The molecule has 0 atom stereocenters. The van der Waals surface area contributed by atoms with Crippen molar-refractivity contribution >= 4 is 35.4 Å². The van der Waals surface area contributed by atoms with Crippen LogP contribution in [0.15, 0.2) is 70.7 Å². The van der Waals surface area contributed by atoms with E-state index >= 15 is 0 Å². The van der Waals surface area contributed by atoms with Gasteiger partial charge in [0.1, 0.15) is 6.29 Å². The maximum absolute atomic E-state index is 11.5. The first-order valence-corrected chi connectivity index (χ1v) is 8.86. The molecule has 0 spiro atoms. The first-order chi connectivity index (χ1) is 13.3. The number of aliphatic imine (C=N–C) groups is 1. The maximum Gasteiger partial charge on any atom is 0.448 e. The minimum absolute atomic E-state index is 0.299. The van der Waals surface area contributed by atoms with E-state index in [0.29, 0.717) is 12.5 Å². The predicted octanol–water partition coefficient (Wildman–Crippen LogP) is 4.77. The number of anilines is 2. The Bertz CT molecular complexity index is 806. The van der Waals surface area contributed by atoms with Crippen LogP contribution in [-0.4, -0.2) is 25.3 Å². The van der Waals surface area contributed by atoms with Crippen LogP contribution in [0, 0.1) is 6.92 Å². The molecule has 0 heterocycles. The quantitative estimate of drug-likeness (QED) is 0.210.